The summed E-state index contributed by atoms with van der Waals surface area (Å²) in [6.45, 7) is 0.616. The Morgan fingerprint density at radius 1 is 1.35 bits per heavy atom. The van der Waals surface area contributed by atoms with Crippen molar-refractivity contribution in [2.45, 2.75) is 19.1 Å². The zero-order valence-electron chi connectivity index (χ0n) is 9.02. The van der Waals surface area contributed by atoms with Gasteiger partial charge >= 0.3 is 0 Å². The molecule has 5 heteroatoms. The topological polar surface area (TPSA) is 48.1 Å². The number of nitrogens with zero attached hydrogens (tertiary/aromatic N) is 1. The van der Waals surface area contributed by atoms with E-state index in [0.29, 0.717) is 11.7 Å². The first-order chi connectivity index (χ1) is 8.22. The van der Waals surface area contributed by atoms with Gasteiger partial charge in [0.15, 0.2) is 5.13 Å². The maximum atomic E-state index is 5.84. The number of thiazole rings is 1. The third-order valence-electron chi connectivity index (χ3n) is 2.83. The van der Waals surface area contributed by atoms with Crippen molar-refractivity contribution in [3.05, 3.63) is 44.9 Å². The molecule has 1 aromatic carbocycles. The number of anilines is 1. The van der Waals surface area contributed by atoms with Crippen LogP contribution in [0, 0.1) is 0 Å². The number of nitrogen functional groups attached to an aromatic ring is 1. The number of hydrogen-bond acceptors (Lipinski definition) is 4. The van der Waals surface area contributed by atoms with Crippen LogP contribution >= 0.6 is 27.3 Å². The van der Waals surface area contributed by atoms with Crippen molar-refractivity contribution < 1.29 is 4.74 Å². The molecule has 1 aliphatic heterocycles. The summed E-state index contributed by atoms with van der Waals surface area (Å²) in [5.74, 6) is 0. The van der Waals surface area contributed by atoms with Crippen LogP contribution in [0.4, 0.5) is 5.13 Å². The molecule has 17 heavy (non-hydrogen) atoms. The zero-order chi connectivity index (χ0) is 11.8. The molecule has 1 aliphatic rings. The van der Waals surface area contributed by atoms with Gasteiger partial charge in [-0.15, -0.1) is 0 Å². The molecule has 2 heterocycles. The molecule has 0 saturated heterocycles. The smallest absolute Gasteiger partial charge is 0.180 e. The predicted molar refractivity (Wildman–Crippen MR) is 71.9 cm³/mol. The Kier molecular flexibility index (Phi) is 2.90. The van der Waals surface area contributed by atoms with Crippen LogP contribution in [0.25, 0.3) is 0 Å². The first-order valence-corrected chi connectivity index (χ1v) is 6.94. The highest BCUT2D eigenvalue weighted by Crippen LogP contribution is 2.34. The molecule has 0 radical (unpaired) electrons. The molecular weight excluding hydrogens is 300 g/mol. The molecule has 3 nitrogen and oxygen atoms in total. The average Bonchev–Trinajstić information content (AvgIpc) is 2.69. The summed E-state index contributed by atoms with van der Waals surface area (Å²) in [6, 6.07) is 8.22. The monoisotopic (exact) mass is 310 g/mol. The number of rotatable bonds is 1. The Labute approximate surface area is 112 Å². The standard InChI is InChI=1S/C12H11BrN2OS/c13-8-3-1-7(2-4-8)10-5-9-11(6-16-10)17-12(14)15-9/h1-4,10H,5-6H2,(H2,14,15). The van der Waals surface area contributed by atoms with E-state index in [9.17, 15) is 0 Å². The number of ether oxygens (including phenoxy) is 1. The Morgan fingerprint density at radius 2 is 2.12 bits per heavy atom. The van der Waals surface area contributed by atoms with E-state index in [1.807, 2.05) is 12.1 Å². The number of hydrogen-bond donors (Lipinski definition) is 1. The van der Waals surface area contributed by atoms with Gasteiger partial charge < -0.3 is 10.5 Å². The van der Waals surface area contributed by atoms with Crippen LogP contribution in [0.3, 0.4) is 0 Å². The van der Waals surface area contributed by atoms with Gasteiger partial charge in [-0.3, -0.25) is 0 Å². The summed E-state index contributed by atoms with van der Waals surface area (Å²) in [4.78, 5) is 5.51. The molecule has 2 aromatic rings. The molecule has 0 bridgehead atoms. The molecule has 88 valence electrons. The van der Waals surface area contributed by atoms with Gasteiger partial charge in [0, 0.05) is 10.9 Å². The second-order valence-electron chi connectivity index (χ2n) is 3.98. The van der Waals surface area contributed by atoms with E-state index in [0.717, 1.165) is 21.5 Å². The molecule has 1 unspecified atom stereocenters. The van der Waals surface area contributed by atoms with Gasteiger partial charge in [0.2, 0.25) is 0 Å². The molecule has 0 amide bonds. The van der Waals surface area contributed by atoms with Gasteiger partial charge in [-0.2, -0.15) is 0 Å². The van der Waals surface area contributed by atoms with E-state index in [1.54, 1.807) is 0 Å². The number of nitrogens with two attached hydrogens (primary N) is 1. The summed E-state index contributed by atoms with van der Waals surface area (Å²) >= 11 is 4.95. The van der Waals surface area contributed by atoms with Gasteiger partial charge in [-0.05, 0) is 17.7 Å². The van der Waals surface area contributed by atoms with Gasteiger partial charge in [0.25, 0.3) is 0 Å². The fourth-order valence-corrected chi connectivity index (χ4v) is 3.02. The van der Waals surface area contributed by atoms with Crippen molar-refractivity contribution in [1.29, 1.82) is 0 Å². The maximum Gasteiger partial charge on any atom is 0.180 e. The van der Waals surface area contributed by atoms with E-state index in [4.69, 9.17) is 10.5 Å². The Hall–Kier alpha value is -0.910. The van der Waals surface area contributed by atoms with Crippen molar-refractivity contribution in [2.75, 3.05) is 5.73 Å². The second-order valence-corrected chi connectivity index (χ2v) is 6.01. The van der Waals surface area contributed by atoms with Gasteiger partial charge in [-0.25, -0.2) is 4.98 Å². The summed E-state index contributed by atoms with van der Waals surface area (Å²) in [6.07, 6.45) is 0.905. The first-order valence-electron chi connectivity index (χ1n) is 5.33. The maximum absolute atomic E-state index is 5.84. The van der Waals surface area contributed by atoms with Crippen molar-refractivity contribution in [1.82, 2.24) is 4.98 Å². The molecule has 1 atom stereocenters. The van der Waals surface area contributed by atoms with E-state index in [-0.39, 0.29) is 6.10 Å². The quantitative estimate of drug-likeness (QED) is 0.879. The molecule has 1 aromatic heterocycles. The molecule has 0 spiro atoms. The van der Waals surface area contributed by atoms with Gasteiger partial charge in [0.1, 0.15) is 0 Å². The molecule has 0 aliphatic carbocycles. The lowest BCUT2D eigenvalue weighted by atomic mass is 10.0. The fraction of sp³-hybridized carbons (Fsp3) is 0.250. The van der Waals surface area contributed by atoms with Crippen LogP contribution in [0.5, 0.6) is 0 Å². The van der Waals surface area contributed by atoms with Crippen LogP contribution in [0.15, 0.2) is 28.7 Å². The summed E-state index contributed by atoms with van der Waals surface area (Å²) in [5.41, 5.74) is 7.98. The fourth-order valence-electron chi connectivity index (χ4n) is 1.98. The van der Waals surface area contributed by atoms with Crippen LogP contribution in [0.2, 0.25) is 0 Å². The van der Waals surface area contributed by atoms with Crippen molar-refractivity contribution >= 4 is 32.4 Å². The van der Waals surface area contributed by atoms with Gasteiger partial charge in [-0.1, -0.05) is 39.4 Å². The number of benzene rings is 1. The summed E-state index contributed by atoms with van der Waals surface area (Å²) in [7, 11) is 0. The van der Waals surface area contributed by atoms with E-state index < -0.39 is 0 Å². The Bertz CT molecular complexity index is 538. The Morgan fingerprint density at radius 3 is 2.88 bits per heavy atom. The van der Waals surface area contributed by atoms with Crippen LogP contribution in [-0.2, 0) is 17.8 Å². The highest BCUT2D eigenvalue weighted by atomic mass is 79.9. The molecule has 0 fully saturated rings. The minimum absolute atomic E-state index is 0.0945. The largest absolute Gasteiger partial charge is 0.375 e. The van der Waals surface area contributed by atoms with E-state index in [2.05, 4.69) is 33.0 Å². The van der Waals surface area contributed by atoms with E-state index >= 15 is 0 Å². The first kappa shape index (κ1) is 11.2. The van der Waals surface area contributed by atoms with Crippen LogP contribution < -0.4 is 5.73 Å². The van der Waals surface area contributed by atoms with Crippen molar-refractivity contribution in [3.8, 4) is 0 Å². The predicted octanol–water partition coefficient (Wildman–Crippen LogP) is 3.30. The minimum atomic E-state index is 0.0945. The lowest BCUT2D eigenvalue weighted by molar-refractivity contribution is 0.0285. The second kappa shape index (κ2) is 4.40. The zero-order valence-corrected chi connectivity index (χ0v) is 11.4. The minimum Gasteiger partial charge on any atom is -0.375 e. The molecule has 0 saturated carbocycles. The van der Waals surface area contributed by atoms with Gasteiger partial charge in [0.05, 0.1) is 23.3 Å². The third-order valence-corrected chi connectivity index (χ3v) is 4.26. The SMILES string of the molecule is Nc1nc2c(s1)COC(c1ccc(Br)cc1)C2. The highest BCUT2D eigenvalue weighted by Gasteiger charge is 2.23. The number of aromatic nitrogens is 1. The number of halogens is 1. The lowest BCUT2D eigenvalue weighted by Gasteiger charge is -2.22. The lowest BCUT2D eigenvalue weighted by Crippen LogP contribution is -2.14. The van der Waals surface area contributed by atoms with E-state index in [1.165, 1.54) is 16.9 Å². The summed E-state index contributed by atoms with van der Waals surface area (Å²) < 4.78 is 6.92. The van der Waals surface area contributed by atoms with Crippen molar-refractivity contribution in [2.24, 2.45) is 0 Å². The highest BCUT2D eigenvalue weighted by molar-refractivity contribution is 9.10. The molecular formula is C12H11BrN2OS. The Balaban J connectivity index is 1.86. The van der Waals surface area contributed by atoms with Crippen LogP contribution in [-0.4, -0.2) is 4.98 Å². The third kappa shape index (κ3) is 2.22. The van der Waals surface area contributed by atoms with Crippen LogP contribution in [0.1, 0.15) is 22.2 Å². The average molecular weight is 311 g/mol. The molecule has 3 rings (SSSR count). The van der Waals surface area contributed by atoms with Crippen molar-refractivity contribution in [3.63, 3.8) is 0 Å². The normalized spacial score (nSPS) is 19.0. The number of fused-ring (bicyclic) bond motifs is 1. The molecule has 2 N–H and O–H groups in total. The summed E-state index contributed by atoms with van der Waals surface area (Å²) in [5, 5.41) is 0.634.